The first kappa shape index (κ1) is 17.0. The molecule has 1 aromatic heterocycles. The molecule has 3 N–H and O–H groups in total. The molecule has 1 fully saturated rings. The van der Waals surface area contributed by atoms with Crippen molar-refractivity contribution >= 4 is 17.8 Å². The Labute approximate surface area is 154 Å². The molecule has 0 amide bonds. The van der Waals surface area contributed by atoms with Gasteiger partial charge >= 0.3 is 0 Å². The first-order chi connectivity index (χ1) is 12.8. The van der Waals surface area contributed by atoms with E-state index in [-0.39, 0.29) is 0 Å². The fraction of sp³-hybridized carbons (Fsp3) is 0.526. The fourth-order valence-corrected chi connectivity index (χ4v) is 3.91. The predicted molar refractivity (Wildman–Crippen MR) is 102 cm³/mol. The lowest BCUT2D eigenvalue weighted by Gasteiger charge is -2.23. The minimum Gasteiger partial charge on any atom is -0.351 e. The summed E-state index contributed by atoms with van der Waals surface area (Å²) in [5.41, 5.74) is 5.52. The van der Waals surface area contributed by atoms with Gasteiger partial charge in [-0.15, -0.1) is 0 Å². The molecule has 2 aliphatic rings. The van der Waals surface area contributed by atoms with Crippen molar-refractivity contribution in [1.82, 2.24) is 15.0 Å². The highest BCUT2D eigenvalue weighted by Gasteiger charge is 2.22. The molecule has 0 unspecified atom stereocenters. The van der Waals surface area contributed by atoms with Gasteiger partial charge in [-0.05, 0) is 36.8 Å². The van der Waals surface area contributed by atoms with Crippen molar-refractivity contribution in [2.24, 2.45) is 0 Å². The minimum absolute atomic E-state index is 0.299. The van der Waals surface area contributed by atoms with E-state index in [2.05, 4.69) is 55.3 Å². The Hall–Kier alpha value is -2.41. The van der Waals surface area contributed by atoms with Crippen molar-refractivity contribution in [1.29, 1.82) is 0 Å². The van der Waals surface area contributed by atoms with Crippen LogP contribution in [0.5, 0.6) is 0 Å². The Morgan fingerprint density at radius 2 is 1.38 bits per heavy atom. The van der Waals surface area contributed by atoms with Gasteiger partial charge in [0, 0.05) is 12.1 Å². The Bertz CT molecular complexity index is 722. The number of hydrogen-bond acceptors (Lipinski definition) is 7. The van der Waals surface area contributed by atoms with Crippen LogP contribution >= 0.6 is 0 Å². The molecule has 138 valence electrons. The van der Waals surface area contributed by atoms with Crippen molar-refractivity contribution in [3.8, 4) is 0 Å². The third-order valence-electron chi connectivity index (χ3n) is 5.15. The van der Waals surface area contributed by atoms with Crippen LogP contribution < -0.4 is 16.1 Å². The van der Waals surface area contributed by atoms with Gasteiger partial charge in [-0.1, -0.05) is 43.5 Å². The third-order valence-corrected chi connectivity index (χ3v) is 5.15. The van der Waals surface area contributed by atoms with Crippen molar-refractivity contribution in [2.45, 2.75) is 57.0 Å². The molecule has 7 nitrogen and oxygen atoms in total. The van der Waals surface area contributed by atoms with Crippen LogP contribution in [-0.2, 0) is 17.7 Å². The van der Waals surface area contributed by atoms with Crippen LogP contribution in [0.4, 0.5) is 17.8 Å². The van der Waals surface area contributed by atoms with Gasteiger partial charge in [0.05, 0.1) is 7.11 Å². The summed E-state index contributed by atoms with van der Waals surface area (Å²) in [6, 6.07) is 9.31. The van der Waals surface area contributed by atoms with Crippen LogP contribution in [0.15, 0.2) is 24.3 Å². The topological polar surface area (TPSA) is 84.0 Å². The average molecular weight is 354 g/mol. The Morgan fingerprint density at radius 3 is 2.00 bits per heavy atom. The van der Waals surface area contributed by atoms with Crippen LogP contribution in [0, 0.1) is 0 Å². The summed E-state index contributed by atoms with van der Waals surface area (Å²) >= 11 is 0. The number of nitrogens with zero attached hydrogens (tertiary/aromatic N) is 3. The maximum Gasteiger partial charge on any atom is 0.253 e. The van der Waals surface area contributed by atoms with E-state index in [1.807, 2.05) is 0 Å². The van der Waals surface area contributed by atoms with Gasteiger partial charge in [0.2, 0.25) is 11.9 Å². The standard InChI is InChI=1S/C19H26N6O/c1-26-25-19-23-17(20-15-9-3-2-4-10-15)22-18(24-19)21-16-11-13-7-5-6-8-14(13)12-16/h5-8,15-16H,2-4,9-12H2,1H3,(H3,20,21,22,23,24,25). The van der Waals surface area contributed by atoms with E-state index < -0.39 is 0 Å². The molecule has 0 saturated heterocycles. The molecule has 0 atom stereocenters. The molecule has 1 saturated carbocycles. The van der Waals surface area contributed by atoms with E-state index >= 15 is 0 Å². The molecule has 0 radical (unpaired) electrons. The van der Waals surface area contributed by atoms with Crippen molar-refractivity contribution in [2.75, 3.05) is 23.2 Å². The van der Waals surface area contributed by atoms with Gasteiger partial charge in [0.15, 0.2) is 0 Å². The molecule has 0 aliphatic heterocycles. The molecule has 2 aliphatic carbocycles. The molecule has 1 heterocycles. The number of hydrogen-bond donors (Lipinski definition) is 3. The Morgan fingerprint density at radius 1 is 0.808 bits per heavy atom. The first-order valence-electron chi connectivity index (χ1n) is 9.45. The first-order valence-corrected chi connectivity index (χ1v) is 9.45. The van der Waals surface area contributed by atoms with E-state index in [0.29, 0.717) is 29.9 Å². The quantitative estimate of drug-likeness (QED) is 0.687. The summed E-state index contributed by atoms with van der Waals surface area (Å²) in [6.07, 6.45) is 8.15. The molecule has 2 aromatic rings. The molecule has 26 heavy (non-hydrogen) atoms. The number of benzene rings is 1. The highest BCUT2D eigenvalue weighted by atomic mass is 16.6. The predicted octanol–water partition coefficient (Wildman–Crippen LogP) is 3.17. The van der Waals surface area contributed by atoms with Crippen LogP contribution in [0.3, 0.4) is 0 Å². The summed E-state index contributed by atoms with van der Waals surface area (Å²) in [5, 5.41) is 6.93. The van der Waals surface area contributed by atoms with Gasteiger partial charge < -0.3 is 10.6 Å². The summed E-state index contributed by atoms with van der Waals surface area (Å²) in [7, 11) is 1.55. The van der Waals surface area contributed by atoms with Crippen LogP contribution in [0.25, 0.3) is 0 Å². The second kappa shape index (κ2) is 7.86. The summed E-state index contributed by atoms with van der Waals surface area (Å²) < 4.78 is 0. The van der Waals surface area contributed by atoms with E-state index in [0.717, 1.165) is 12.8 Å². The molecule has 0 bridgehead atoms. The molecule has 4 rings (SSSR count). The zero-order chi connectivity index (χ0) is 17.8. The lowest BCUT2D eigenvalue weighted by Crippen LogP contribution is -2.26. The number of aromatic nitrogens is 3. The second-order valence-corrected chi connectivity index (χ2v) is 7.11. The van der Waals surface area contributed by atoms with E-state index in [9.17, 15) is 0 Å². The summed E-state index contributed by atoms with van der Waals surface area (Å²) in [6.45, 7) is 0. The molecular weight excluding hydrogens is 328 g/mol. The Balaban J connectivity index is 1.48. The lowest BCUT2D eigenvalue weighted by atomic mass is 9.96. The van der Waals surface area contributed by atoms with Crippen LogP contribution in [-0.4, -0.2) is 34.1 Å². The van der Waals surface area contributed by atoms with Gasteiger partial charge in [-0.25, -0.2) is 5.48 Å². The largest absolute Gasteiger partial charge is 0.351 e. The van der Waals surface area contributed by atoms with Crippen molar-refractivity contribution in [3.05, 3.63) is 35.4 Å². The third kappa shape index (κ3) is 4.04. The minimum atomic E-state index is 0.299. The number of fused-ring (bicyclic) bond motifs is 1. The SMILES string of the molecule is CONc1nc(NC2CCCCC2)nc(NC2Cc3ccccc3C2)n1. The maximum absolute atomic E-state index is 4.99. The van der Waals surface area contributed by atoms with E-state index in [1.54, 1.807) is 7.11 Å². The maximum atomic E-state index is 4.99. The van der Waals surface area contributed by atoms with Gasteiger partial charge in [-0.3, -0.25) is 4.84 Å². The number of nitrogens with one attached hydrogen (secondary N) is 3. The average Bonchev–Trinajstić information content (AvgIpc) is 3.05. The molecular formula is C19H26N6O. The van der Waals surface area contributed by atoms with Crippen LogP contribution in [0.1, 0.15) is 43.2 Å². The van der Waals surface area contributed by atoms with Gasteiger partial charge in [0.25, 0.3) is 5.95 Å². The monoisotopic (exact) mass is 354 g/mol. The smallest absolute Gasteiger partial charge is 0.253 e. The van der Waals surface area contributed by atoms with Gasteiger partial charge in [-0.2, -0.15) is 15.0 Å². The molecule has 0 spiro atoms. The van der Waals surface area contributed by atoms with Crippen molar-refractivity contribution < 1.29 is 4.84 Å². The number of anilines is 3. The van der Waals surface area contributed by atoms with Gasteiger partial charge in [0.1, 0.15) is 0 Å². The lowest BCUT2D eigenvalue weighted by molar-refractivity contribution is 0.267. The van der Waals surface area contributed by atoms with E-state index in [1.165, 1.54) is 43.2 Å². The normalized spacial score (nSPS) is 17.7. The highest BCUT2D eigenvalue weighted by Crippen LogP contribution is 2.25. The number of rotatable bonds is 6. The second-order valence-electron chi connectivity index (χ2n) is 7.11. The summed E-state index contributed by atoms with van der Waals surface area (Å²) in [5.74, 6) is 1.60. The summed E-state index contributed by atoms with van der Waals surface area (Å²) in [4.78, 5) is 18.4. The van der Waals surface area contributed by atoms with Crippen LogP contribution in [0.2, 0.25) is 0 Å². The zero-order valence-corrected chi connectivity index (χ0v) is 15.2. The molecule has 1 aromatic carbocycles. The zero-order valence-electron chi connectivity index (χ0n) is 15.2. The highest BCUT2D eigenvalue weighted by molar-refractivity contribution is 5.44. The molecule has 7 heteroatoms. The fourth-order valence-electron chi connectivity index (χ4n) is 3.91. The Kier molecular flexibility index (Phi) is 5.15. The van der Waals surface area contributed by atoms with Crippen molar-refractivity contribution in [3.63, 3.8) is 0 Å². The van der Waals surface area contributed by atoms with E-state index in [4.69, 9.17) is 4.84 Å².